The lowest BCUT2D eigenvalue weighted by Crippen LogP contribution is -2.52. The molecule has 0 radical (unpaired) electrons. The van der Waals surface area contributed by atoms with Crippen LogP contribution in [0.15, 0.2) is 6.07 Å². The number of β-amino-alcohol motifs (C(OH)–C–C–N with tert-alkyl or cyclic N) is 1. The van der Waals surface area contributed by atoms with Gasteiger partial charge in [0, 0.05) is 31.9 Å². The van der Waals surface area contributed by atoms with Crippen LogP contribution in [0.5, 0.6) is 0 Å². The van der Waals surface area contributed by atoms with Gasteiger partial charge in [-0.3, -0.25) is 9.58 Å². The molecule has 0 spiro atoms. The predicted molar refractivity (Wildman–Crippen MR) is 88.0 cm³/mol. The Labute approximate surface area is 133 Å². The molecule has 1 aromatic rings. The maximum atomic E-state index is 10.3. The average molecular weight is 306 g/mol. The Bertz CT molecular complexity index is 487. The topological polar surface area (TPSA) is 44.5 Å². The molecular formula is C17H30N4O. The van der Waals surface area contributed by atoms with Gasteiger partial charge in [0.1, 0.15) is 0 Å². The second-order valence-electron chi connectivity index (χ2n) is 7.38. The molecule has 0 bridgehead atoms. The maximum Gasteiger partial charge on any atom is 0.0793 e. The van der Waals surface area contributed by atoms with Crippen LogP contribution in [-0.2, 0) is 0 Å². The smallest absolute Gasteiger partial charge is 0.0793 e. The molecule has 124 valence electrons. The van der Waals surface area contributed by atoms with Crippen molar-refractivity contribution in [3.8, 4) is 0 Å². The highest BCUT2D eigenvalue weighted by Gasteiger charge is 2.31. The number of piperidine rings is 1. The van der Waals surface area contributed by atoms with Crippen molar-refractivity contribution in [2.45, 2.75) is 45.8 Å². The number of nitrogens with zero attached hydrogens (tertiary/aromatic N) is 4. The number of hydrogen-bond acceptors (Lipinski definition) is 4. The summed E-state index contributed by atoms with van der Waals surface area (Å²) in [5.41, 5.74) is 2.33. The molecule has 1 atom stereocenters. The van der Waals surface area contributed by atoms with Crippen molar-refractivity contribution in [3.05, 3.63) is 17.5 Å². The minimum atomic E-state index is -0.227. The van der Waals surface area contributed by atoms with Crippen LogP contribution in [0.25, 0.3) is 0 Å². The summed E-state index contributed by atoms with van der Waals surface area (Å²) in [5, 5.41) is 14.9. The van der Waals surface area contributed by atoms with E-state index in [1.807, 2.05) is 6.92 Å². The third-order valence-corrected chi connectivity index (χ3v) is 5.14. The van der Waals surface area contributed by atoms with Crippen LogP contribution in [0.1, 0.15) is 37.2 Å². The summed E-state index contributed by atoms with van der Waals surface area (Å²) in [4.78, 5) is 4.77. The Hall–Kier alpha value is -0.910. The molecule has 22 heavy (non-hydrogen) atoms. The van der Waals surface area contributed by atoms with Gasteiger partial charge in [0.25, 0.3) is 0 Å². The first kappa shape index (κ1) is 16.0. The second-order valence-corrected chi connectivity index (χ2v) is 7.38. The molecule has 0 aromatic carbocycles. The van der Waals surface area contributed by atoms with Crippen molar-refractivity contribution in [1.82, 2.24) is 19.6 Å². The lowest BCUT2D eigenvalue weighted by Gasteiger charge is -2.41. The molecule has 2 saturated heterocycles. The van der Waals surface area contributed by atoms with Crippen molar-refractivity contribution in [2.75, 3.05) is 39.3 Å². The molecule has 0 aliphatic carbocycles. The summed E-state index contributed by atoms with van der Waals surface area (Å²) >= 11 is 0. The van der Waals surface area contributed by atoms with Gasteiger partial charge in [-0.15, -0.1) is 0 Å². The van der Waals surface area contributed by atoms with Gasteiger partial charge in [0.2, 0.25) is 0 Å². The van der Waals surface area contributed by atoms with Gasteiger partial charge in [-0.1, -0.05) is 6.92 Å². The molecule has 5 heteroatoms. The molecule has 3 heterocycles. The minimum Gasteiger partial charge on any atom is -0.390 e. The average Bonchev–Trinajstić information content (AvgIpc) is 2.75. The number of likely N-dealkylation sites (tertiary alicyclic amines) is 2. The van der Waals surface area contributed by atoms with Crippen LogP contribution in [0.2, 0.25) is 0 Å². The summed E-state index contributed by atoms with van der Waals surface area (Å²) in [5.74, 6) is 0.852. The summed E-state index contributed by atoms with van der Waals surface area (Å²) < 4.78 is 2.14. The molecule has 2 fully saturated rings. The Morgan fingerprint density at radius 2 is 1.82 bits per heavy atom. The summed E-state index contributed by atoms with van der Waals surface area (Å²) in [6.45, 7) is 12.4. The zero-order valence-electron chi connectivity index (χ0n) is 14.2. The van der Waals surface area contributed by atoms with Crippen molar-refractivity contribution < 1.29 is 5.11 Å². The largest absolute Gasteiger partial charge is 0.390 e. The number of aliphatic hydroxyl groups excluding tert-OH is 1. The zero-order valence-corrected chi connectivity index (χ0v) is 14.2. The highest BCUT2D eigenvalue weighted by atomic mass is 16.3. The van der Waals surface area contributed by atoms with Gasteiger partial charge in [0.05, 0.1) is 17.8 Å². The SMILES string of the molecule is Cc1cc(C)n(C2CN(C[C@H](O)CN3CCC(C)CC3)C2)n1. The first-order chi connectivity index (χ1) is 10.5. The summed E-state index contributed by atoms with van der Waals surface area (Å²) in [6, 6.07) is 2.62. The van der Waals surface area contributed by atoms with E-state index in [0.717, 1.165) is 50.9 Å². The Morgan fingerprint density at radius 1 is 1.18 bits per heavy atom. The van der Waals surface area contributed by atoms with Crippen LogP contribution >= 0.6 is 0 Å². The normalized spacial score (nSPS) is 23.6. The fourth-order valence-electron chi connectivity index (χ4n) is 3.76. The van der Waals surface area contributed by atoms with E-state index in [4.69, 9.17) is 0 Å². The van der Waals surface area contributed by atoms with Crippen molar-refractivity contribution in [2.24, 2.45) is 5.92 Å². The van der Waals surface area contributed by atoms with Crippen LogP contribution in [-0.4, -0.2) is 70.1 Å². The van der Waals surface area contributed by atoms with Gasteiger partial charge in [0.15, 0.2) is 0 Å². The molecule has 3 rings (SSSR count). The highest BCUT2D eigenvalue weighted by molar-refractivity contribution is 5.09. The molecule has 0 unspecified atom stereocenters. The van der Waals surface area contributed by atoms with E-state index in [9.17, 15) is 5.11 Å². The predicted octanol–water partition coefficient (Wildman–Crippen LogP) is 1.45. The Morgan fingerprint density at radius 3 is 2.41 bits per heavy atom. The van der Waals surface area contributed by atoms with Gasteiger partial charge >= 0.3 is 0 Å². The van der Waals surface area contributed by atoms with Crippen LogP contribution in [0.3, 0.4) is 0 Å². The van der Waals surface area contributed by atoms with Gasteiger partial charge < -0.3 is 10.0 Å². The van der Waals surface area contributed by atoms with E-state index in [1.54, 1.807) is 0 Å². The second kappa shape index (κ2) is 6.69. The molecule has 2 aliphatic heterocycles. The molecule has 5 nitrogen and oxygen atoms in total. The third-order valence-electron chi connectivity index (χ3n) is 5.14. The van der Waals surface area contributed by atoms with Crippen molar-refractivity contribution in [1.29, 1.82) is 0 Å². The Kier molecular flexibility index (Phi) is 4.85. The molecule has 1 N–H and O–H groups in total. The standard InChI is InChI=1S/C17H30N4O/c1-13-4-6-19(7-5-13)11-17(22)12-20-9-16(10-20)21-15(3)8-14(2)18-21/h8,13,16-17,22H,4-7,9-12H2,1-3H3/t17-/m1/s1. The van der Waals surface area contributed by atoms with Crippen molar-refractivity contribution in [3.63, 3.8) is 0 Å². The first-order valence-electron chi connectivity index (χ1n) is 8.67. The Balaban J connectivity index is 1.39. The van der Waals surface area contributed by atoms with E-state index >= 15 is 0 Å². The van der Waals surface area contributed by atoms with E-state index in [-0.39, 0.29) is 6.10 Å². The molecule has 0 saturated carbocycles. The van der Waals surface area contributed by atoms with E-state index < -0.39 is 0 Å². The summed E-state index contributed by atoms with van der Waals surface area (Å²) in [7, 11) is 0. The van der Waals surface area contributed by atoms with Gasteiger partial charge in [-0.2, -0.15) is 5.10 Å². The number of rotatable bonds is 5. The first-order valence-corrected chi connectivity index (χ1v) is 8.67. The lowest BCUT2D eigenvalue weighted by molar-refractivity contribution is 0.0188. The fourth-order valence-corrected chi connectivity index (χ4v) is 3.76. The van der Waals surface area contributed by atoms with E-state index in [2.05, 4.69) is 39.5 Å². The third kappa shape index (κ3) is 3.70. The van der Waals surface area contributed by atoms with E-state index in [0.29, 0.717) is 6.04 Å². The summed E-state index contributed by atoms with van der Waals surface area (Å²) in [6.07, 6.45) is 2.32. The number of aryl methyl sites for hydroxylation is 2. The van der Waals surface area contributed by atoms with Crippen LogP contribution in [0, 0.1) is 19.8 Å². The number of aliphatic hydroxyl groups is 1. The van der Waals surface area contributed by atoms with E-state index in [1.165, 1.54) is 18.5 Å². The monoisotopic (exact) mass is 306 g/mol. The number of hydrogen-bond donors (Lipinski definition) is 1. The molecule has 1 aromatic heterocycles. The van der Waals surface area contributed by atoms with Crippen molar-refractivity contribution >= 4 is 0 Å². The quantitative estimate of drug-likeness (QED) is 0.894. The molecule has 0 amide bonds. The maximum absolute atomic E-state index is 10.3. The van der Waals surface area contributed by atoms with Crippen LogP contribution < -0.4 is 0 Å². The van der Waals surface area contributed by atoms with Gasteiger partial charge in [-0.25, -0.2) is 0 Å². The fraction of sp³-hybridized carbons (Fsp3) is 0.824. The highest BCUT2D eigenvalue weighted by Crippen LogP contribution is 2.23. The number of aromatic nitrogens is 2. The molecular weight excluding hydrogens is 276 g/mol. The lowest BCUT2D eigenvalue weighted by atomic mass is 9.99. The van der Waals surface area contributed by atoms with Crippen LogP contribution in [0.4, 0.5) is 0 Å². The minimum absolute atomic E-state index is 0.227. The molecule has 2 aliphatic rings. The van der Waals surface area contributed by atoms with Gasteiger partial charge in [-0.05, 0) is 51.8 Å². The zero-order chi connectivity index (χ0) is 15.7.